The fourth-order valence-electron chi connectivity index (χ4n) is 2.82. The number of anilines is 1. The zero-order chi connectivity index (χ0) is 17.2. The standard InChI is InChI=1S/C22H30N2/c1-4-5-17-24(19-21-10-7-6-8-11-21)18-9-12-20-13-15-22(16-14-20)23(2)3/h6-16H,4-5,17-19H2,1-3H3/p+1/b12-9+. The number of nitrogens with one attached hydrogen (secondary N) is 1. The van der Waals surface area contributed by atoms with E-state index in [-0.39, 0.29) is 0 Å². The molecule has 2 aromatic carbocycles. The van der Waals surface area contributed by atoms with Crippen LogP contribution in [0.4, 0.5) is 5.69 Å². The van der Waals surface area contributed by atoms with E-state index in [0.29, 0.717) is 0 Å². The van der Waals surface area contributed by atoms with Gasteiger partial charge in [0.1, 0.15) is 6.54 Å². The quantitative estimate of drug-likeness (QED) is 0.740. The summed E-state index contributed by atoms with van der Waals surface area (Å²) in [6, 6.07) is 19.5. The molecule has 0 amide bonds. The lowest BCUT2D eigenvalue weighted by Gasteiger charge is -2.18. The molecule has 2 heteroatoms. The van der Waals surface area contributed by atoms with Gasteiger partial charge >= 0.3 is 0 Å². The Kier molecular flexibility index (Phi) is 7.57. The monoisotopic (exact) mass is 323 g/mol. The van der Waals surface area contributed by atoms with E-state index in [9.17, 15) is 0 Å². The van der Waals surface area contributed by atoms with E-state index in [2.05, 4.69) is 92.7 Å². The zero-order valence-electron chi connectivity index (χ0n) is 15.3. The minimum absolute atomic E-state index is 1.07. The first-order valence-electron chi connectivity index (χ1n) is 9.00. The number of hydrogen-bond donors (Lipinski definition) is 1. The van der Waals surface area contributed by atoms with Gasteiger partial charge in [0.2, 0.25) is 0 Å². The molecule has 0 aliphatic carbocycles. The van der Waals surface area contributed by atoms with Crippen molar-refractivity contribution in [3.63, 3.8) is 0 Å². The topological polar surface area (TPSA) is 7.68 Å². The molecule has 0 heterocycles. The molecule has 1 atom stereocenters. The van der Waals surface area contributed by atoms with Crippen molar-refractivity contribution in [2.45, 2.75) is 26.3 Å². The normalized spacial score (nSPS) is 12.5. The number of unbranched alkanes of at least 4 members (excludes halogenated alkanes) is 1. The highest BCUT2D eigenvalue weighted by Crippen LogP contribution is 2.12. The Hall–Kier alpha value is -2.06. The molecule has 0 saturated carbocycles. The van der Waals surface area contributed by atoms with E-state index in [1.54, 1.807) is 4.90 Å². The van der Waals surface area contributed by atoms with E-state index >= 15 is 0 Å². The average molecular weight is 324 g/mol. The number of benzene rings is 2. The molecule has 2 nitrogen and oxygen atoms in total. The van der Waals surface area contributed by atoms with E-state index in [1.807, 2.05) is 0 Å². The molecule has 0 aliphatic rings. The lowest BCUT2D eigenvalue weighted by atomic mass is 10.1. The molecule has 0 radical (unpaired) electrons. The zero-order valence-corrected chi connectivity index (χ0v) is 15.3. The van der Waals surface area contributed by atoms with Crippen LogP contribution >= 0.6 is 0 Å². The highest BCUT2D eigenvalue weighted by molar-refractivity contribution is 5.55. The van der Waals surface area contributed by atoms with Crippen LogP contribution in [0.15, 0.2) is 60.7 Å². The van der Waals surface area contributed by atoms with Gasteiger partial charge in [-0.2, -0.15) is 0 Å². The molecule has 0 spiro atoms. The van der Waals surface area contributed by atoms with Crippen molar-refractivity contribution in [3.8, 4) is 0 Å². The van der Waals surface area contributed by atoms with Crippen molar-refractivity contribution in [3.05, 3.63) is 71.8 Å². The maximum atomic E-state index is 2.32. The Bertz CT molecular complexity index is 600. The third-order valence-electron chi connectivity index (χ3n) is 4.31. The molecule has 2 aromatic rings. The molecule has 24 heavy (non-hydrogen) atoms. The molecule has 0 bridgehead atoms. The molecule has 2 rings (SSSR count). The average Bonchev–Trinajstić information content (AvgIpc) is 2.61. The Morgan fingerprint density at radius 3 is 2.29 bits per heavy atom. The molecular weight excluding hydrogens is 292 g/mol. The highest BCUT2D eigenvalue weighted by Gasteiger charge is 2.07. The van der Waals surface area contributed by atoms with E-state index in [1.165, 1.54) is 36.2 Å². The minimum atomic E-state index is 1.07. The van der Waals surface area contributed by atoms with Crippen LogP contribution < -0.4 is 9.80 Å². The van der Waals surface area contributed by atoms with Gasteiger partial charge in [0.15, 0.2) is 0 Å². The molecule has 1 N–H and O–H groups in total. The Balaban J connectivity index is 1.93. The molecule has 0 saturated heterocycles. The van der Waals surface area contributed by atoms with Crippen molar-refractivity contribution in [1.29, 1.82) is 0 Å². The lowest BCUT2D eigenvalue weighted by Crippen LogP contribution is -3.10. The van der Waals surface area contributed by atoms with Crippen molar-refractivity contribution in [1.82, 2.24) is 0 Å². The Morgan fingerprint density at radius 2 is 1.67 bits per heavy atom. The number of nitrogens with zero attached hydrogens (tertiary/aromatic N) is 1. The Morgan fingerprint density at radius 1 is 0.958 bits per heavy atom. The van der Waals surface area contributed by atoms with Crippen LogP contribution in [0, 0.1) is 0 Å². The summed E-state index contributed by atoms with van der Waals surface area (Å²) in [5.41, 5.74) is 3.94. The summed E-state index contributed by atoms with van der Waals surface area (Å²) < 4.78 is 0. The maximum absolute atomic E-state index is 2.32. The van der Waals surface area contributed by atoms with Gasteiger partial charge in [-0.05, 0) is 30.2 Å². The third-order valence-corrected chi connectivity index (χ3v) is 4.31. The molecule has 128 valence electrons. The van der Waals surface area contributed by atoms with Gasteiger partial charge in [-0.25, -0.2) is 0 Å². The van der Waals surface area contributed by atoms with Crippen LogP contribution in [0.5, 0.6) is 0 Å². The van der Waals surface area contributed by atoms with E-state index < -0.39 is 0 Å². The lowest BCUT2D eigenvalue weighted by molar-refractivity contribution is -0.908. The SMILES string of the molecule is CCCC[NH+](C/C=C/c1ccc(N(C)C)cc1)Cc1ccccc1. The fourth-order valence-corrected chi connectivity index (χ4v) is 2.82. The first-order chi connectivity index (χ1) is 11.7. The molecule has 1 unspecified atom stereocenters. The minimum Gasteiger partial charge on any atom is -0.378 e. The number of rotatable bonds is 9. The van der Waals surface area contributed by atoms with Gasteiger partial charge in [0.05, 0.1) is 13.1 Å². The summed E-state index contributed by atoms with van der Waals surface area (Å²) in [7, 11) is 4.15. The van der Waals surface area contributed by atoms with E-state index in [4.69, 9.17) is 0 Å². The number of hydrogen-bond acceptors (Lipinski definition) is 1. The summed E-state index contributed by atoms with van der Waals surface area (Å²) in [6.07, 6.45) is 7.11. The second-order valence-electron chi connectivity index (χ2n) is 6.61. The largest absolute Gasteiger partial charge is 0.378 e. The Labute approximate surface area is 147 Å². The van der Waals surface area contributed by atoms with Gasteiger partial charge in [0, 0.05) is 25.3 Å². The summed E-state index contributed by atoms with van der Waals surface area (Å²) >= 11 is 0. The van der Waals surface area contributed by atoms with Crippen LogP contribution in [0.3, 0.4) is 0 Å². The summed E-state index contributed by atoms with van der Waals surface area (Å²) in [5.74, 6) is 0. The first-order valence-corrected chi connectivity index (χ1v) is 9.00. The van der Waals surface area contributed by atoms with Crippen molar-refractivity contribution in [2.24, 2.45) is 0 Å². The first kappa shape index (κ1) is 18.3. The predicted molar refractivity (Wildman–Crippen MR) is 106 cm³/mol. The van der Waals surface area contributed by atoms with Gasteiger partial charge in [-0.3, -0.25) is 0 Å². The fraction of sp³-hybridized carbons (Fsp3) is 0.364. The predicted octanol–water partition coefficient (Wildman–Crippen LogP) is 3.65. The van der Waals surface area contributed by atoms with Crippen LogP contribution in [0.1, 0.15) is 30.9 Å². The molecular formula is C22H31N2+. The molecule has 0 fully saturated rings. The smallest absolute Gasteiger partial charge is 0.103 e. The summed E-state index contributed by atoms with van der Waals surface area (Å²) in [5, 5.41) is 0. The molecule has 0 aliphatic heterocycles. The van der Waals surface area contributed by atoms with Crippen LogP contribution in [0.2, 0.25) is 0 Å². The highest BCUT2D eigenvalue weighted by atomic mass is 15.1. The van der Waals surface area contributed by atoms with Crippen molar-refractivity contribution < 1.29 is 4.90 Å². The van der Waals surface area contributed by atoms with Gasteiger partial charge in [-0.1, -0.05) is 61.9 Å². The van der Waals surface area contributed by atoms with Gasteiger partial charge in [-0.15, -0.1) is 0 Å². The van der Waals surface area contributed by atoms with Crippen LogP contribution in [0.25, 0.3) is 6.08 Å². The summed E-state index contributed by atoms with van der Waals surface area (Å²) in [6.45, 7) is 5.67. The summed E-state index contributed by atoms with van der Waals surface area (Å²) in [4.78, 5) is 3.76. The van der Waals surface area contributed by atoms with E-state index in [0.717, 1.165) is 13.1 Å². The van der Waals surface area contributed by atoms with Crippen molar-refractivity contribution in [2.75, 3.05) is 32.1 Å². The van der Waals surface area contributed by atoms with Crippen LogP contribution in [-0.2, 0) is 6.54 Å². The van der Waals surface area contributed by atoms with Crippen molar-refractivity contribution >= 4 is 11.8 Å². The second kappa shape index (κ2) is 9.94. The second-order valence-corrected chi connectivity index (χ2v) is 6.61. The maximum Gasteiger partial charge on any atom is 0.103 e. The van der Waals surface area contributed by atoms with Crippen LogP contribution in [-0.4, -0.2) is 27.2 Å². The number of quaternary nitrogens is 1. The van der Waals surface area contributed by atoms with Gasteiger partial charge < -0.3 is 9.80 Å². The third kappa shape index (κ3) is 6.21. The molecule has 0 aromatic heterocycles. The van der Waals surface area contributed by atoms with Gasteiger partial charge in [0.25, 0.3) is 0 Å².